The van der Waals surface area contributed by atoms with Crippen molar-refractivity contribution in [3.05, 3.63) is 63.2 Å². The molecule has 1 N–H and O–H groups in total. The standard InChI is InChI=1S/C15H13IO2/c16-13-8-12(6-7-14(13)17)15(9-18-10-15)11-4-2-1-3-5-11/h1-8,17H,9-10H2. The second-order valence-electron chi connectivity index (χ2n) is 4.61. The predicted octanol–water partition coefficient (Wildman–Crippen LogP) is 3.31. The third-order valence-electron chi connectivity index (χ3n) is 3.52. The van der Waals surface area contributed by atoms with Gasteiger partial charge in [-0.2, -0.15) is 0 Å². The van der Waals surface area contributed by atoms with E-state index in [1.54, 1.807) is 6.07 Å². The van der Waals surface area contributed by atoms with Crippen LogP contribution in [0, 0.1) is 3.57 Å². The number of hydrogen-bond donors (Lipinski definition) is 1. The molecule has 2 aromatic carbocycles. The van der Waals surface area contributed by atoms with Gasteiger partial charge in [0, 0.05) is 0 Å². The fourth-order valence-corrected chi connectivity index (χ4v) is 2.88. The van der Waals surface area contributed by atoms with Crippen molar-refractivity contribution in [1.29, 1.82) is 0 Å². The maximum atomic E-state index is 9.63. The lowest BCUT2D eigenvalue weighted by Gasteiger charge is -2.42. The lowest BCUT2D eigenvalue weighted by atomic mass is 9.73. The molecule has 1 saturated heterocycles. The molecule has 0 radical (unpaired) electrons. The molecule has 18 heavy (non-hydrogen) atoms. The molecule has 1 fully saturated rings. The van der Waals surface area contributed by atoms with Gasteiger partial charge in [-0.3, -0.25) is 0 Å². The van der Waals surface area contributed by atoms with E-state index in [1.807, 2.05) is 18.2 Å². The maximum absolute atomic E-state index is 9.63. The molecule has 0 saturated carbocycles. The topological polar surface area (TPSA) is 29.5 Å². The Morgan fingerprint density at radius 1 is 1.00 bits per heavy atom. The van der Waals surface area contributed by atoms with Gasteiger partial charge in [-0.15, -0.1) is 0 Å². The molecule has 92 valence electrons. The lowest BCUT2D eigenvalue weighted by molar-refractivity contribution is -0.0380. The molecule has 0 spiro atoms. The first-order chi connectivity index (χ1) is 8.72. The number of rotatable bonds is 2. The minimum Gasteiger partial charge on any atom is -0.507 e. The normalized spacial score (nSPS) is 17.2. The van der Waals surface area contributed by atoms with Gasteiger partial charge < -0.3 is 9.84 Å². The van der Waals surface area contributed by atoms with E-state index >= 15 is 0 Å². The van der Waals surface area contributed by atoms with Crippen molar-refractivity contribution >= 4 is 22.6 Å². The van der Waals surface area contributed by atoms with E-state index in [4.69, 9.17) is 4.74 Å². The summed E-state index contributed by atoms with van der Waals surface area (Å²) in [7, 11) is 0. The Kier molecular flexibility index (Phi) is 3.03. The van der Waals surface area contributed by atoms with Crippen molar-refractivity contribution in [2.75, 3.05) is 13.2 Å². The highest BCUT2D eigenvalue weighted by Gasteiger charge is 2.42. The molecular formula is C15H13IO2. The van der Waals surface area contributed by atoms with E-state index in [0.717, 1.165) is 3.57 Å². The average Bonchev–Trinajstić information content (AvgIpc) is 2.34. The van der Waals surface area contributed by atoms with Crippen LogP contribution in [-0.4, -0.2) is 18.3 Å². The number of ether oxygens (including phenoxy) is 1. The molecule has 0 amide bonds. The zero-order valence-electron chi connectivity index (χ0n) is 9.77. The summed E-state index contributed by atoms with van der Waals surface area (Å²) in [6, 6.07) is 16.2. The van der Waals surface area contributed by atoms with Crippen LogP contribution in [0.2, 0.25) is 0 Å². The van der Waals surface area contributed by atoms with E-state index in [0.29, 0.717) is 19.0 Å². The fourth-order valence-electron chi connectivity index (χ4n) is 2.37. The quantitative estimate of drug-likeness (QED) is 0.841. The van der Waals surface area contributed by atoms with E-state index in [-0.39, 0.29) is 5.41 Å². The first kappa shape index (κ1) is 12.0. The summed E-state index contributed by atoms with van der Waals surface area (Å²) in [6.07, 6.45) is 0. The Labute approximate surface area is 120 Å². The minimum atomic E-state index is -0.0467. The summed E-state index contributed by atoms with van der Waals surface area (Å²) in [4.78, 5) is 0. The van der Waals surface area contributed by atoms with E-state index < -0.39 is 0 Å². The molecule has 0 bridgehead atoms. The monoisotopic (exact) mass is 352 g/mol. The summed E-state index contributed by atoms with van der Waals surface area (Å²) >= 11 is 2.16. The number of phenolic OH excluding ortho intramolecular Hbond substituents is 1. The zero-order valence-corrected chi connectivity index (χ0v) is 11.9. The number of aromatic hydroxyl groups is 1. The van der Waals surface area contributed by atoms with Crippen molar-refractivity contribution in [1.82, 2.24) is 0 Å². The van der Waals surface area contributed by atoms with Crippen LogP contribution >= 0.6 is 22.6 Å². The molecule has 3 heteroatoms. The second kappa shape index (κ2) is 4.55. The smallest absolute Gasteiger partial charge is 0.128 e. The van der Waals surface area contributed by atoms with E-state index in [2.05, 4.69) is 46.9 Å². The summed E-state index contributed by atoms with van der Waals surface area (Å²) in [6.45, 7) is 1.41. The molecule has 2 nitrogen and oxygen atoms in total. The predicted molar refractivity (Wildman–Crippen MR) is 78.9 cm³/mol. The summed E-state index contributed by atoms with van der Waals surface area (Å²) in [5.41, 5.74) is 2.44. The maximum Gasteiger partial charge on any atom is 0.128 e. The van der Waals surface area contributed by atoms with Crippen LogP contribution in [-0.2, 0) is 10.2 Å². The van der Waals surface area contributed by atoms with Gasteiger partial charge in [-0.25, -0.2) is 0 Å². The SMILES string of the molecule is Oc1ccc(C2(c3ccccc3)COC2)cc1I. The molecule has 3 rings (SSSR count). The van der Waals surface area contributed by atoms with Crippen LogP contribution in [0.1, 0.15) is 11.1 Å². The highest BCUT2D eigenvalue weighted by molar-refractivity contribution is 14.1. The first-order valence-electron chi connectivity index (χ1n) is 5.85. The molecule has 0 aromatic heterocycles. The van der Waals surface area contributed by atoms with Crippen LogP contribution in [0.3, 0.4) is 0 Å². The lowest BCUT2D eigenvalue weighted by Crippen LogP contribution is -2.47. The van der Waals surface area contributed by atoms with Crippen LogP contribution < -0.4 is 0 Å². The van der Waals surface area contributed by atoms with Gasteiger partial charge in [0.25, 0.3) is 0 Å². The highest BCUT2D eigenvalue weighted by atomic mass is 127. The largest absolute Gasteiger partial charge is 0.507 e. The van der Waals surface area contributed by atoms with Crippen LogP contribution in [0.5, 0.6) is 5.75 Å². The summed E-state index contributed by atoms with van der Waals surface area (Å²) < 4.78 is 6.33. The highest BCUT2D eigenvalue weighted by Crippen LogP contribution is 2.40. The third kappa shape index (κ3) is 1.82. The summed E-state index contributed by atoms with van der Waals surface area (Å²) in [5.74, 6) is 0.336. The van der Waals surface area contributed by atoms with Crippen molar-refractivity contribution in [2.45, 2.75) is 5.41 Å². The van der Waals surface area contributed by atoms with Crippen LogP contribution in [0.4, 0.5) is 0 Å². The fraction of sp³-hybridized carbons (Fsp3) is 0.200. The van der Waals surface area contributed by atoms with Crippen molar-refractivity contribution < 1.29 is 9.84 Å². The van der Waals surface area contributed by atoms with Crippen molar-refractivity contribution in [3.63, 3.8) is 0 Å². The first-order valence-corrected chi connectivity index (χ1v) is 6.92. The Hall–Kier alpha value is -1.07. The van der Waals surface area contributed by atoms with Crippen LogP contribution in [0.25, 0.3) is 0 Å². The van der Waals surface area contributed by atoms with Gasteiger partial charge in [0.05, 0.1) is 22.2 Å². The Morgan fingerprint density at radius 2 is 1.72 bits per heavy atom. The van der Waals surface area contributed by atoms with E-state index in [9.17, 15) is 5.11 Å². The van der Waals surface area contributed by atoms with Gasteiger partial charge in [0.1, 0.15) is 5.75 Å². The molecule has 2 aromatic rings. The number of hydrogen-bond acceptors (Lipinski definition) is 2. The molecule has 1 heterocycles. The molecule has 1 aliphatic heterocycles. The Bertz CT molecular complexity index is 562. The Morgan fingerprint density at radius 3 is 2.28 bits per heavy atom. The second-order valence-corrected chi connectivity index (χ2v) is 5.77. The molecule has 0 unspecified atom stereocenters. The molecule has 0 aliphatic carbocycles. The van der Waals surface area contributed by atoms with Gasteiger partial charge >= 0.3 is 0 Å². The summed E-state index contributed by atoms with van der Waals surface area (Å²) in [5, 5.41) is 9.63. The van der Waals surface area contributed by atoms with Crippen molar-refractivity contribution in [3.8, 4) is 5.75 Å². The average molecular weight is 352 g/mol. The number of benzene rings is 2. The van der Waals surface area contributed by atoms with E-state index in [1.165, 1.54) is 11.1 Å². The van der Waals surface area contributed by atoms with Gasteiger partial charge in [-0.1, -0.05) is 36.4 Å². The minimum absolute atomic E-state index is 0.0467. The zero-order chi connectivity index (χ0) is 12.6. The van der Waals surface area contributed by atoms with Crippen molar-refractivity contribution in [2.24, 2.45) is 0 Å². The van der Waals surface area contributed by atoms with Crippen LogP contribution in [0.15, 0.2) is 48.5 Å². The number of phenols is 1. The molecule has 1 aliphatic rings. The Balaban J connectivity index is 2.09. The molecule has 0 atom stereocenters. The van der Waals surface area contributed by atoms with Gasteiger partial charge in [-0.05, 0) is 45.9 Å². The van der Waals surface area contributed by atoms with Gasteiger partial charge in [0.15, 0.2) is 0 Å². The molecular weight excluding hydrogens is 339 g/mol. The van der Waals surface area contributed by atoms with Gasteiger partial charge in [0.2, 0.25) is 0 Å². The third-order valence-corrected chi connectivity index (χ3v) is 4.39. The number of halogens is 1.